The highest BCUT2D eigenvalue weighted by Gasteiger charge is 2.16. The van der Waals surface area contributed by atoms with Crippen LogP contribution in [-0.4, -0.2) is 36.4 Å². The Morgan fingerprint density at radius 2 is 0.662 bits per heavy atom. The summed E-state index contributed by atoms with van der Waals surface area (Å²) in [6.45, 7) is 3.99. The second-order valence-electron chi connectivity index (χ2n) is 17.2. The van der Waals surface area contributed by atoms with Crippen molar-refractivity contribution in [3.8, 4) is 0 Å². The van der Waals surface area contributed by atoms with Crippen LogP contribution in [-0.2, 0) is 19.1 Å². The Kier molecular flexibility index (Phi) is 51.5. The van der Waals surface area contributed by atoms with Gasteiger partial charge in [-0.3, -0.25) is 9.59 Å². The first-order chi connectivity index (χ1) is 32.1. The monoisotopic (exact) mass is 899 g/mol. The van der Waals surface area contributed by atoms with Gasteiger partial charge in [-0.1, -0.05) is 225 Å². The molecular weight excluding hydrogens is 801 g/mol. The van der Waals surface area contributed by atoms with E-state index in [1.54, 1.807) is 0 Å². The molecule has 368 valence electrons. The van der Waals surface area contributed by atoms with Gasteiger partial charge in [0.25, 0.3) is 0 Å². The van der Waals surface area contributed by atoms with Crippen LogP contribution < -0.4 is 0 Å². The zero-order valence-electron chi connectivity index (χ0n) is 42.0. The lowest BCUT2D eigenvalue weighted by Gasteiger charge is -2.15. The average molecular weight is 899 g/mol. The SMILES string of the molecule is CC/C=C\C/C=C\C/C=C\C/C=C\C/C=C\C/C=C\C/C=C\C/C=C\CCCCCCCCCCC(=O)OC(CO)COC(=O)CCCCCCCCC/C=C\C/C=C\CCCCCC. The van der Waals surface area contributed by atoms with E-state index in [4.69, 9.17) is 9.47 Å². The Bertz CT molecular complexity index is 1340. The van der Waals surface area contributed by atoms with Crippen LogP contribution in [0.2, 0.25) is 0 Å². The van der Waals surface area contributed by atoms with E-state index < -0.39 is 6.10 Å². The molecule has 0 aromatic heterocycles. The Morgan fingerprint density at radius 3 is 1.00 bits per heavy atom. The average Bonchev–Trinajstić information content (AvgIpc) is 3.31. The third-order valence-corrected chi connectivity index (χ3v) is 11.0. The van der Waals surface area contributed by atoms with Crippen LogP contribution in [0, 0.1) is 0 Å². The fraction of sp³-hybridized carbons (Fsp3) is 0.633. The molecule has 0 aromatic carbocycles. The zero-order valence-corrected chi connectivity index (χ0v) is 42.0. The van der Waals surface area contributed by atoms with Gasteiger partial charge in [-0.2, -0.15) is 0 Å². The van der Waals surface area contributed by atoms with Crippen LogP contribution in [0.15, 0.2) is 122 Å². The fourth-order valence-corrected chi connectivity index (χ4v) is 7.01. The van der Waals surface area contributed by atoms with Gasteiger partial charge in [-0.05, 0) is 109 Å². The molecule has 0 aliphatic heterocycles. The first kappa shape index (κ1) is 61.3. The molecule has 1 unspecified atom stereocenters. The molecule has 0 saturated carbocycles. The molecule has 0 amide bonds. The minimum absolute atomic E-state index is 0.0799. The van der Waals surface area contributed by atoms with Crippen LogP contribution in [0.4, 0.5) is 0 Å². The van der Waals surface area contributed by atoms with Gasteiger partial charge in [0.05, 0.1) is 6.61 Å². The third-order valence-electron chi connectivity index (χ3n) is 11.0. The molecule has 1 N–H and O–H groups in total. The van der Waals surface area contributed by atoms with E-state index in [0.717, 1.165) is 109 Å². The van der Waals surface area contributed by atoms with E-state index >= 15 is 0 Å². The van der Waals surface area contributed by atoms with Crippen molar-refractivity contribution in [1.82, 2.24) is 0 Å². The second kappa shape index (κ2) is 54.6. The lowest BCUT2D eigenvalue weighted by atomic mass is 10.1. The van der Waals surface area contributed by atoms with Crippen molar-refractivity contribution in [2.45, 2.75) is 232 Å². The standard InChI is InChI=1S/C60H98O5/c1-3-5-7-9-11-13-15-17-19-21-23-24-25-26-27-28-29-30-31-32-33-34-35-36-37-39-41-43-45-47-49-51-53-55-60(63)65-58(56-61)57-64-59(62)54-52-50-48-46-44-42-40-38-22-20-18-16-14-12-10-8-6-4-2/h5,7,11,13-14,16-17,19-20,22-24,26-27,29-30,32-33,35-36,58,61H,3-4,6,8-10,12,15,18,21,25,28,31,34,37-57H2,1-2H3/b7-5-,13-11-,16-14-,19-17-,22-20-,24-23-,27-26-,30-29-,33-32-,36-35-. The summed E-state index contributed by atoms with van der Waals surface area (Å²) in [6.07, 6.45) is 80.0. The summed E-state index contributed by atoms with van der Waals surface area (Å²) in [4.78, 5) is 24.5. The molecular formula is C60H98O5. The summed E-state index contributed by atoms with van der Waals surface area (Å²) in [5.41, 5.74) is 0. The summed E-state index contributed by atoms with van der Waals surface area (Å²) in [6, 6.07) is 0. The maximum Gasteiger partial charge on any atom is 0.306 e. The van der Waals surface area contributed by atoms with Gasteiger partial charge in [-0.25, -0.2) is 0 Å². The maximum atomic E-state index is 12.3. The molecule has 0 aliphatic rings. The fourth-order valence-electron chi connectivity index (χ4n) is 7.01. The van der Waals surface area contributed by atoms with E-state index in [9.17, 15) is 14.7 Å². The lowest BCUT2D eigenvalue weighted by Crippen LogP contribution is -2.28. The zero-order chi connectivity index (χ0) is 47.0. The first-order valence-electron chi connectivity index (χ1n) is 26.6. The van der Waals surface area contributed by atoms with Crippen molar-refractivity contribution < 1.29 is 24.2 Å². The normalized spacial score (nSPS) is 13.2. The maximum absolute atomic E-state index is 12.3. The van der Waals surface area contributed by atoms with Crippen molar-refractivity contribution in [2.75, 3.05) is 13.2 Å². The van der Waals surface area contributed by atoms with Crippen molar-refractivity contribution in [3.63, 3.8) is 0 Å². The van der Waals surface area contributed by atoms with E-state index in [0.29, 0.717) is 12.8 Å². The number of unbranched alkanes of at least 4 members (excludes halogenated alkanes) is 19. The molecule has 0 saturated heterocycles. The van der Waals surface area contributed by atoms with Gasteiger partial charge >= 0.3 is 11.9 Å². The summed E-state index contributed by atoms with van der Waals surface area (Å²) in [5.74, 6) is -0.615. The molecule has 0 rings (SSSR count). The number of aliphatic hydroxyl groups excluding tert-OH is 1. The van der Waals surface area contributed by atoms with E-state index in [1.807, 2.05) is 0 Å². The molecule has 65 heavy (non-hydrogen) atoms. The van der Waals surface area contributed by atoms with Gasteiger partial charge < -0.3 is 14.6 Å². The molecule has 1 atom stereocenters. The van der Waals surface area contributed by atoms with Crippen LogP contribution in [0.1, 0.15) is 226 Å². The lowest BCUT2D eigenvalue weighted by molar-refractivity contribution is -0.161. The number of aliphatic hydroxyl groups is 1. The Labute approximate surface area is 401 Å². The molecule has 5 heteroatoms. The number of hydrogen-bond donors (Lipinski definition) is 1. The highest BCUT2D eigenvalue weighted by atomic mass is 16.6. The van der Waals surface area contributed by atoms with Gasteiger partial charge in [0, 0.05) is 12.8 Å². The van der Waals surface area contributed by atoms with Gasteiger partial charge in [0.15, 0.2) is 6.10 Å². The topological polar surface area (TPSA) is 72.8 Å². The predicted molar refractivity (Wildman–Crippen MR) is 283 cm³/mol. The van der Waals surface area contributed by atoms with Crippen molar-refractivity contribution in [3.05, 3.63) is 122 Å². The number of carbonyl (C=O) groups is 2. The number of carbonyl (C=O) groups excluding carboxylic acids is 2. The Morgan fingerprint density at radius 1 is 0.369 bits per heavy atom. The number of hydrogen-bond acceptors (Lipinski definition) is 5. The molecule has 0 aliphatic carbocycles. The van der Waals surface area contributed by atoms with Gasteiger partial charge in [-0.15, -0.1) is 0 Å². The molecule has 0 spiro atoms. The van der Waals surface area contributed by atoms with Crippen LogP contribution >= 0.6 is 0 Å². The predicted octanol–water partition coefficient (Wildman–Crippen LogP) is 17.9. The second-order valence-corrected chi connectivity index (χ2v) is 17.2. The van der Waals surface area contributed by atoms with Gasteiger partial charge in [0.2, 0.25) is 0 Å². The van der Waals surface area contributed by atoms with Crippen LogP contribution in [0.3, 0.4) is 0 Å². The number of esters is 2. The summed E-state index contributed by atoms with van der Waals surface area (Å²) in [7, 11) is 0. The number of rotatable bonds is 47. The quantitative estimate of drug-likeness (QED) is 0.0374. The molecule has 0 bridgehead atoms. The van der Waals surface area contributed by atoms with Crippen LogP contribution in [0.25, 0.3) is 0 Å². The summed E-state index contributed by atoms with van der Waals surface area (Å²) in [5, 5.41) is 9.63. The third kappa shape index (κ3) is 52.8. The van der Waals surface area contributed by atoms with E-state index in [-0.39, 0.29) is 25.2 Å². The summed E-state index contributed by atoms with van der Waals surface area (Å²) < 4.78 is 10.7. The Hall–Kier alpha value is -3.70. The minimum Gasteiger partial charge on any atom is -0.462 e. The highest BCUT2D eigenvalue weighted by molar-refractivity contribution is 5.70. The molecule has 0 fully saturated rings. The molecule has 0 radical (unpaired) electrons. The van der Waals surface area contributed by atoms with Crippen molar-refractivity contribution >= 4 is 11.9 Å². The molecule has 0 heterocycles. The van der Waals surface area contributed by atoms with E-state index in [1.165, 1.54) is 89.9 Å². The smallest absolute Gasteiger partial charge is 0.306 e. The Balaban J connectivity index is 3.61. The van der Waals surface area contributed by atoms with Crippen LogP contribution in [0.5, 0.6) is 0 Å². The first-order valence-corrected chi connectivity index (χ1v) is 26.6. The van der Waals surface area contributed by atoms with Crippen molar-refractivity contribution in [1.29, 1.82) is 0 Å². The number of allylic oxidation sites excluding steroid dienone is 20. The number of ether oxygens (including phenoxy) is 2. The highest BCUT2D eigenvalue weighted by Crippen LogP contribution is 2.13. The largest absolute Gasteiger partial charge is 0.462 e. The minimum atomic E-state index is -0.789. The van der Waals surface area contributed by atoms with Gasteiger partial charge in [0.1, 0.15) is 6.61 Å². The molecule has 0 aromatic rings. The molecule has 5 nitrogen and oxygen atoms in total. The van der Waals surface area contributed by atoms with E-state index in [2.05, 4.69) is 135 Å². The summed E-state index contributed by atoms with van der Waals surface area (Å²) >= 11 is 0. The van der Waals surface area contributed by atoms with Crippen molar-refractivity contribution in [2.24, 2.45) is 0 Å².